The summed E-state index contributed by atoms with van der Waals surface area (Å²) in [6, 6.07) is 16.4. The summed E-state index contributed by atoms with van der Waals surface area (Å²) in [4.78, 5) is 38.1. The number of primary amides is 1. The van der Waals surface area contributed by atoms with Gasteiger partial charge in [-0.25, -0.2) is 4.79 Å². The number of carbonyl (C=O) groups is 3. The molecule has 0 spiro atoms. The number of esters is 1. The lowest BCUT2D eigenvalue weighted by Gasteiger charge is -2.23. The first kappa shape index (κ1) is 18.9. The topological polar surface area (TPSA) is 98.5 Å². The van der Waals surface area contributed by atoms with E-state index in [9.17, 15) is 14.4 Å². The molecule has 2 aromatic carbocycles. The average molecular weight is 406 g/mol. The molecule has 4 rings (SSSR count). The third-order valence-corrected chi connectivity index (χ3v) is 5.83. The van der Waals surface area contributed by atoms with Crippen LogP contribution < -0.4 is 11.1 Å². The number of anilines is 1. The highest BCUT2D eigenvalue weighted by Gasteiger charge is 2.32. The first-order chi connectivity index (χ1) is 14.0. The van der Waals surface area contributed by atoms with Crippen LogP contribution in [0.4, 0.5) is 5.00 Å². The quantitative estimate of drug-likeness (QED) is 0.648. The van der Waals surface area contributed by atoms with Gasteiger partial charge in [-0.05, 0) is 24.1 Å². The van der Waals surface area contributed by atoms with E-state index in [0.29, 0.717) is 16.1 Å². The van der Waals surface area contributed by atoms with Crippen LogP contribution in [0.25, 0.3) is 11.1 Å². The number of hydrogen-bond acceptors (Lipinski definition) is 5. The zero-order chi connectivity index (χ0) is 20.5. The Hall–Kier alpha value is -3.45. The molecule has 0 saturated carbocycles. The van der Waals surface area contributed by atoms with Gasteiger partial charge in [0, 0.05) is 16.9 Å². The zero-order valence-corrected chi connectivity index (χ0v) is 16.4. The molecule has 1 aliphatic rings. The third-order valence-electron chi connectivity index (χ3n) is 4.81. The molecule has 2 amide bonds. The highest BCUT2D eigenvalue weighted by molar-refractivity contribution is 7.17. The van der Waals surface area contributed by atoms with Gasteiger partial charge in [0.05, 0.1) is 11.1 Å². The van der Waals surface area contributed by atoms with Crippen LogP contribution in [-0.4, -0.2) is 23.9 Å². The van der Waals surface area contributed by atoms with E-state index in [2.05, 4.69) is 5.32 Å². The number of hydrogen-bond donors (Lipinski definition) is 2. The van der Waals surface area contributed by atoms with Gasteiger partial charge >= 0.3 is 5.97 Å². The maximum Gasteiger partial charge on any atom is 0.339 e. The minimum absolute atomic E-state index is 0.259. The van der Waals surface area contributed by atoms with Gasteiger partial charge in [0.25, 0.3) is 11.8 Å². The molecule has 1 aromatic heterocycles. The minimum Gasteiger partial charge on any atom is -0.448 e. The molecule has 0 fully saturated rings. The Morgan fingerprint density at radius 1 is 1.10 bits per heavy atom. The van der Waals surface area contributed by atoms with Crippen LogP contribution in [0.3, 0.4) is 0 Å². The second-order valence-corrected chi connectivity index (χ2v) is 7.94. The molecule has 29 heavy (non-hydrogen) atoms. The Morgan fingerprint density at radius 2 is 1.79 bits per heavy atom. The van der Waals surface area contributed by atoms with Crippen LogP contribution in [0, 0.1) is 6.92 Å². The van der Waals surface area contributed by atoms with Gasteiger partial charge in [-0.2, -0.15) is 0 Å². The monoisotopic (exact) mass is 406 g/mol. The maximum absolute atomic E-state index is 12.8. The summed E-state index contributed by atoms with van der Waals surface area (Å²) in [6.07, 6.45) is -0.698. The van der Waals surface area contributed by atoms with E-state index in [0.717, 1.165) is 16.0 Å². The summed E-state index contributed by atoms with van der Waals surface area (Å²) >= 11 is 1.27. The molecular formula is C22H18N2O4S. The molecule has 146 valence electrons. The number of ether oxygens (including phenoxy) is 1. The van der Waals surface area contributed by atoms with Crippen molar-refractivity contribution in [3.63, 3.8) is 0 Å². The number of rotatable bonds is 4. The van der Waals surface area contributed by atoms with Gasteiger partial charge in [-0.1, -0.05) is 48.5 Å². The van der Waals surface area contributed by atoms with Crippen LogP contribution in [0.1, 0.15) is 31.2 Å². The second-order valence-electron chi connectivity index (χ2n) is 6.71. The average Bonchev–Trinajstić information content (AvgIpc) is 3.04. The van der Waals surface area contributed by atoms with Crippen molar-refractivity contribution in [1.82, 2.24) is 0 Å². The van der Waals surface area contributed by atoms with Crippen molar-refractivity contribution < 1.29 is 19.1 Å². The van der Waals surface area contributed by atoms with E-state index < -0.39 is 23.9 Å². The van der Waals surface area contributed by atoms with Gasteiger partial charge in [0.2, 0.25) is 0 Å². The van der Waals surface area contributed by atoms with Gasteiger partial charge in [-0.15, -0.1) is 11.3 Å². The normalized spacial score (nSPS) is 15.3. The molecule has 3 N–H and O–H groups in total. The van der Waals surface area contributed by atoms with E-state index in [1.54, 1.807) is 18.2 Å². The number of aryl methyl sites for hydroxylation is 1. The van der Waals surface area contributed by atoms with Crippen LogP contribution in [0.5, 0.6) is 0 Å². The molecule has 0 radical (unpaired) electrons. The van der Waals surface area contributed by atoms with Gasteiger partial charge < -0.3 is 15.8 Å². The Kier molecular flexibility index (Phi) is 4.90. The SMILES string of the molecule is Cc1sc(NC(=O)[C@@H]2Cc3ccccc3C(=O)O2)c(C(N)=O)c1-c1ccccc1. The number of carbonyl (C=O) groups excluding carboxylic acids is 3. The highest BCUT2D eigenvalue weighted by atomic mass is 32.1. The lowest BCUT2D eigenvalue weighted by atomic mass is 9.98. The highest BCUT2D eigenvalue weighted by Crippen LogP contribution is 2.39. The molecule has 0 aliphatic carbocycles. The summed E-state index contributed by atoms with van der Waals surface area (Å²) in [7, 11) is 0. The van der Waals surface area contributed by atoms with E-state index in [-0.39, 0.29) is 12.0 Å². The molecule has 0 unspecified atom stereocenters. The predicted octanol–water partition coefficient (Wildman–Crippen LogP) is 3.54. The van der Waals surface area contributed by atoms with E-state index in [1.165, 1.54) is 11.3 Å². The molecule has 7 heteroatoms. The Labute approximate surface area is 171 Å². The number of cyclic esters (lactones) is 1. The van der Waals surface area contributed by atoms with Crippen molar-refractivity contribution in [1.29, 1.82) is 0 Å². The summed E-state index contributed by atoms with van der Waals surface area (Å²) in [5.41, 5.74) is 8.66. The Morgan fingerprint density at radius 3 is 2.52 bits per heavy atom. The molecule has 0 bridgehead atoms. The fourth-order valence-corrected chi connectivity index (χ4v) is 4.57. The van der Waals surface area contributed by atoms with E-state index >= 15 is 0 Å². The van der Waals surface area contributed by atoms with Gasteiger partial charge in [0.15, 0.2) is 6.10 Å². The lowest BCUT2D eigenvalue weighted by Crippen LogP contribution is -2.38. The number of thiophene rings is 1. The van der Waals surface area contributed by atoms with Crippen LogP contribution in [-0.2, 0) is 16.0 Å². The molecule has 6 nitrogen and oxygen atoms in total. The maximum atomic E-state index is 12.8. The van der Waals surface area contributed by atoms with E-state index in [4.69, 9.17) is 10.5 Å². The minimum atomic E-state index is -0.972. The lowest BCUT2D eigenvalue weighted by molar-refractivity contribution is -0.125. The molecule has 3 aromatic rings. The molecule has 0 saturated heterocycles. The summed E-state index contributed by atoms with van der Waals surface area (Å²) in [5.74, 6) is -1.65. The first-order valence-electron chi connectivity index (χ1n) is 9.04. The molecule has 2 heterocycles. The smallest absolute Gasteiger partial charge is 0.339 e. The van der Waals surface area contributed by atoms with Crippen molar-refractivity contribution in [3.8, 4) is 11.1 Å². The fraction of sp³-hybridized carbons (Fsp3) is 0.136. The summed E-state index contributed by atoms with van der Waals surface area (Å²) in [6.45, 7) is 1.87. The Balaban J connectivity index is 1.64. The number of nitrogens with two attached hydrogens (primary N) is 1. The summed E-state index contributed by atoms with van der Waals surface area (Å²) < 4.78 is 5.31. The zero-order valence-electron chi connectivity index (χ0n) is 15.6. The Bertz CT molecular complexity index is 1120. The second kappa shape index (κ2) is 7.52. The number of fused-ring (bicyclic) bond motifs is 1. The molecule has 1 aliphatic heterocycles. The summed E-state index contributed by atoms with van der Waals surface area (Å²) in [5, 5.41) is 3.10. The van der Waals surface area contributed by atoms with Crippen LogP contribution in [0.2, 0.25) is 0 Å². The van der Waals surface area contributed by atoms with Crippen molar-refractivity contribution >= 4 is 34.1 Å². The van der Waals surface area contributed by atoms with Crippen molar-refractivity contribution in [2.45, 2.75) is 19.4 Å². The molecule has 1 atom stereocenters. The van der Waals surface area contributed by atoms with Crippen molar-refractivity contribution in [2.75, 3.05) is 5.32 Å². The van der Waals surface area contributed by atoms with Crippen molar-refractivity contribution in [3.05, 3.63) is 76.2 Å². The third kappa shape index (κ3) is 3.52. The van der Waals surface area contributed by atoms with Crippen LogP contribution >= 0.6 is 11.3 Å². The predicted molar refractivity (Wildman–Crippen MR) is 111 cm³/mol. The first-order valence-corrected chi connectivity index (χ1v) is 9.85. The number of amides is 2. The number of benzene rings is 2. The largest absolute Gasteiger partial charge is 0.448 e. The van der Waals surface area contributed by atoms with Gasteiger partial charge in [0.1, 0.15) is 5.00 Å². The van der Waals surface area contributed by atoms with E-state index in [1.807, 2.05) is 43.3 Å². The fourth-order valence-electron chi connectivity index (χ4n) is 3.49. The van der Waals surface area contributed by atoms with Crippen LogP contribution in [0.15, 0.2) is 54.6 Å². The van der Waals surface area contributed by atoms with Gasteiger partial charge in [-0.3, -0.25) is 9.59 Å². The molecular weight excluding hydrogens is 388 g/mol. The van der Waals surface area contributed by atoms with Crippen molar-refractivity contribution in [2.24, 2.45) is 5.73 Å². The number of nitrogens with one attached hydrogen (secondary N) is 1. The standard InChI is InChI=1S/C22H18N2O4S/c1-12-17(13-7-3-2-4-8-13)18(19(23)25)21(29-12)24-20(26)16-11-14-9-5-6-10-15(14)22(27)28-16/h2-10,16H,11H2,1H3,(H2,23,25)(H,24,26)/t16-/m0/s1.